The van der Waals surface area contributed by atoms with E-state index in [0.29, 0.717) is 19.8 Å². The summed E-state index contributed by atoms with van der Waals surface area (Å²) >= 11 is 0. The maximum atomic E-state index is 6.10. The first-order valence-corrected chi connectivity index (χ1v) is 11.9. The van der Waals surface area contributed by atoms with E-state index >= 15 is 0 Å². The van der Waals surface area contributed by atoms with Crippen molar-refractivity contribution in [3.63, 3.8) is 0 Å². The van der Waals surface area contributed by atoms with Gasteiger partial charge in [-0.3, -0.25) is 9.97 Å². The number of pyridine rings is 2. The zero-order chi connectivity index (χ0) is 23.5. The zero-order valence-corrected chi connectivity index (χ0v) is 19.4. The number of benzene rings is 1. The first-order chi connectivity index (χ1) is 17.3. The van der Waals surface area contributed by atoms with Gasteiger partial charge < -0.3 is 19.3 Å². The van der Waals surface area contributed by atoms with Crippen LogP contribution in [-0.2, 0) is 17.8 Å². The summed E-state index contributed by atoms with van der Waals surface area (Å²) in [5, 5.41) is 0. The van der Waals surface area contributed by atoms with Gasteiger partial charge in [-0.05, 0) is 48.4 Å². The predicted octanol–water partition coefficient (Wildman–Crippen LogP) is 4.04. The van der Waals surface area contributed by atoms with Crippen LogP contribution < -0.4 is 14.5 Å². The molecule has 35 heavy (non-hydrogen) atoms. The highest BCUT2D eigenvalue weighted by molar-refractivity contribution is 5.77. The third kappa shape index (κ3) is 4.52. The Kier molecular flexibility index (Phi) is 5.94. The minimum Gasteiger partial charge on any atom is -0.489 e. The van der Waals surface area contributed by atoms with Gasteiger partial charge in [-0.2, -0.15) is 4.98 Å². The molecule has 1 saturated heterocycles. The Bertz CT molecular complexity index is 1300. The highest BCUT2D eigenvalue weighted by Crippen LogP contribution is 2.39. The Morgan fingerprint density at radius 3 is 2.43 bits per heavy atom. The van der Waals surface area contributed by atoms with Crippen molar-refractivity contribution in [3.05, 3.63) is 84.4 Å². The van der Waals surface area contributed by atoms with Gasteiger partial charge in [0.1, 0.15) is 18.2 Å². The Balaban J connectivity index is 1.38. The Morgan fingerprint density at radius 2 is 1.63 bits per heavy atom. The van der Waals surface area contributed by atoms with Crippen LogP contribution in [0.1, 0.15) is 11.1 Å². The predicted molar refractivity (Wildman–Crippen MR) is 134 cm³/mol. The summed E-state index contributed by atoms with van der Waals surface area (Å²) in [5.74, 6) is 2.51. The molecular formula is C27H26N6O2. The summed E-state index contributed by atoms with van der Waals surface area (Å²) < 4.78 is 11.7. The molecule has 2 aliphatic heterocycles. The molecule has 5 heterocycles. The first-order valence-electron chi connectivity index (χ1n) is 11.9. The van der Waals surface area contributed by atoms with Crippen LogP contribution in [0.3, 0.4) is 0 Å². The van der Waals surface area contributed by atoms with Crippen LogP contribution in [0.2, 0.25) is 0 Å². The van der Waals surface area contributed by atoms with Crippen molar-refractivity contribution in [2.45, 2.75) is 13.0 Å². The molecule has 0 aliphatic carbocycles. The van der Waals surface area contributed by atoms with E-state index in [1.807, 2.05) is 48.8 Å². The van der Waals surface area contributed by atoms with Crippen LogP contribution in [0.4, 0.5) is 17.5 Å². The fourth-order valence-corrected chi connectivity index (χ4v) is 4.54. The van der Waals surface area contributed by atoms with Crippen molar-refractivity contribution in [3.8, 4) is 17.0 Å². The van der Waals surface area contributed by atoms with Crippen LogP contribution in [0.15, 0.2) is 73.3 Å². The van der Waals surface area contributed by atoms with E-state index in [-0.39, 0.29) is 0 Å². The number of aromatic nitrogens is 4. The number of morpholine rings is 1. The summed E-state index contributed by atoms with van der Waals surface area (Å²) in [5.41, 5.74) is 5.32. The maximum absolute atomic E-state index is 6.10. The van der Waals surface area contributed by atoms with Gasteiger partial charge in [-0.15, -0.1) is 0 Å². The second kappa shape index (κ2) is 9.68. The highest BCUT2D eigenvalue weighted by atomic mass is 16.5. The van der Waals surface area contributed by atoms with Gasteiger partial charge in [0, 0.05) is 61.2 Å². The third-order valence-corrected chi connectivity index (χ3v) is 6.35. The molecule has 8 nitrogen and oxygen atoms in total. The normalized spacial score (nSPS) is 15.2. The molecule has 0 bridgehead atoms. The van der Waals surface area contributed by atoms with E-state index in [1.54, 1.807) is 12.4 Å². The molecule has 6 rings (SSSR count). The third-order valence-electron chi connectivity index (χ3n) is 6.35. The topological polar surface area (TPSA) is 76.5 Å². The minimum atomic E-state index is 0.489. The standard InChI is InChI=1S/C27H26N6O2/c1-2-21(18-23(3-1)35-19-20-4-9-28-10-5-20)25-24-8-13-33(22-6-11-29-12-7-22)26(24)31-27(30-25)32-14-16-34-17-15-32/h1-7,9-12,18H,8,13-17,19H2. The van der Waals surface area contributed by atoms with E-state index in [2.05, 4.69) is 31.9 Å². The molecule has 0 radical (unpaired) electrons. The molecule has 0 amide bonds. The number of rotatable bonds is 6. The summed E-state index contributed by atoms with van der Waals surface area (Å²) in [7, 11) is 0. The SMILES string of the molecule is c1cc(OCc2ccncc2)cc(-c2nc(N3CCOCC3)nc3c2CCN3c2ccncc2)c1. The molecular weight excluding hydrogens is 440 g/mol. The minimum absolute atomic E-state index is 0.489. The van der Waals surface area contributed by atoms with Gasteiger partial charge in [-0.1, -0.05) is 12.1 Å². The number of ether oxygens (including phenoxy) is 2. The fraction of sp³-hybridized carbons (Fsp3) is 0.259. The molecule has 8 heteroatoms. The summed E-state index contributed by atoms with van der Waals surface area (Å²) in [4.78, 5) is 22.8. The van der Waals surface area contributed by atoms with E-state index in [4.69, 9.17) is 19.4 Å². The second-order valence-corrected chi connectivity index (χ2v) is 8.55. The molecule has 3 aromatic heterocycles. The Morgan fingerprint density at radius 1 is 0.857 bits per heavy atom. The molecule has 0 atom stereocenters. The average Bonchev–Trinajstić information content (AvgIpc) is 3.37. The van der Waals surface area contributed by atoms with Crippen LogP contribution >= 0.6 is 0 Å². The fourth-order valence-electron chi connectivity index (χ4n) is 4.54. The number of anilines is 3. The number of fused-ring (bicyclic) bond motifs is 1. The number of nitrogens with zero attached hydrogens (tertiary/aromatic N) is 6. The Labute approximate surface area is 204 Å². The van der Waals surface area contributed by atoms with Crippen molar-refractivity contribution < 1.29 is 9.47 Å². The molecule has 1 fully saturated rings. The van der Waals surface area contributed by atoms with Gasteiger partial charge >= 0.3 is 0 Å². The lowest BCUT2D eigenvalue weighted by Gasteiger charge is -2.28. The maximum Gasteiger partial charge on any atom is 0.228 e. The van der Waals surface area contributed by atoms with Crippen molar-refractivity contribution in [2.24, 2.45) is 0 Å². The van der Waals surface area contributed by atoms with Gasteiger partial charge in [0.2, 0.25) is 5.95 Å². The highest BCUT2D eigenvalue weighted by Gasteiger charge is 2.29. The van der Waals surface area contributed by atoms with E-state index in [0.717, 1.165) is 71.6 Å². The van der Waals surface area contributed by atoms with E-state index in [9.17, 15) is 0 Å². The largest absolute Gasteiger partial charge is 0.489 e. The van der Waals surface area contributed by atoms with E-state index in [1.165, 1.54) is 0 Å². The molecule has 0 N–H and O–H groups in total. The smallest absolute Gasteiger partial charge is 0.228 e. The lowest BCUT2D eigenvalue weighted by molar-refractivity contribution is 0.122. The summed E-state index contributed by atoms with van der Waals surface area (Å²) in [6.07, 6.45) is 8.07. The van der Waals surface area contributed by atoms with Crippen LogP contribution in [-0.4, -0.2) is 52.8 Å². The van der Waals surface area contributed by atoms with Crippen molar-refractivity contribution in [2.75, 3.05) is 42.6 Å². The van der Waals surface area contributed by atoms with Gasteiger partial charge in [-0.25, -0.2) is 4.98 Å². The molecule has 1 aromatic carbocycles. The monoisotopic (exact) mass is 466 g/mol. The van der Waals surface area contributed by atoms with Gasteiger partial charge in [0.25, 0.3) is 0 Å². The number of hydrogen-bond acceptors (Lipinski definition) is 8. The number of hydrogen-bond donors (Lipinski definition) is 0. The molecule has 4 aromatic rings. The van der Waals surface area contributed by atoms with Crippen LogP contribution in [0, 0.1) is 0 Å². The Hall–Kier alpha value is -4.04. The van der Waals surface area contributed by atoms with E-state index < -0.39 is 0 Å². The molecule has 0 saturated carbocycles. The zero-order valence-electron chi connectivity index (χ0n) is 19.4. The van der Waals surface area contributed by atoms with Crippen molar-refractivity contribution >= 4 is 17.5 Å². The lowest BCUT2D eigenvalue weighted by atomic mass is 10.1. The molecule has 176 valence electrons. The summed E-state index contributed by atoms with van der Waals surface area (Å²) in [6, 6.07) is 16.2. The second-order valence-electron chi connectivity index (χ2n) is 8.55. The molecule has 0 spiro atoms. The van der Waals surface area contributed by atoms with Crippen LogP contribution in [0.25, 0.3) is 11.3 Å². The first kappa shape index (κ1) is 21.5. The van der Waals surface area contributed by atoms with Crippen molar-refractivity contribution in [1.29, 1.82) is 0 Å². The summed E-state index contributed by atoms with van der Waals surface area (Å²) in [6.45, 7) is 4.27. The van der Waals surface area contributed by atoms with Crippen LogP contribution in [0.5, 0.6) is 5.75 Å². The lowest BCUT2D eigenvalue weighted by Crippen LogP contribution is -2.37. The van der Waals surface area contributed by atoms with Crippen molar-refractivity contribution in [1.82, 2.24) is 19.9 Å². The molecule has 0 unspecified atom stereocenters. The van der Waals surface area contributed by atoms with Gasteiger partial charge in [0.15, 0.2) is 0 Å². The molecule has 2 aliphatic rings. The quantitative estimate of drug-likeness (QED) is 0.421. The van der Waals surface area contributed by atoms with Gasteiger partial charge in [0.05, 0.1) is 18.9 Å². The average molecular weight is 467 g/mol.